The van der Waals surface area contributed by atoms with Gasteiger partial charge in [0, 0.05) is 28.3 Å². The SMILES string of the molecule is Cc1cc(S(=O)(=O)N[C@@H]2C=C[C@H](CO)C2)c(C)s1. The maximum atomic E-state index is 12.2. The van der Waals surface area contributed by atoms with E-state index in [4.69, 9.17) is 5.11 Å². The fourth-order valence-corrected chi connectivity index (χ4v) is 4.89. The normalized spacial score (nSPS) is 23.7. The maximum Gasteiger partial charge on any atom is 0.242 e. The molecule has 2 rings (SSSR count). The predicted molar refractivity (Wildman–Crippen MR) is 72.2 cm³/mol. The second kappa shape index (κ2) is 5.13. The standard InChI is InChI=1S/C12H17NO3S2/c1-8-5-12(9(2)17-8)18(15,16)13-11-4-3-10(6-11)7-14/h3-5,10-11,13-14H,6-7H2,1-2H3/t10-,11+/m0/s1. The first-order valence-corrected chi connectivity index (χ1v) is 8.11. The fourth-order valence-electron chi connectivity index (χ4n) is 2.13. The van der Waals surface area contributed by atoms with Crippen LogP contribution < -0.4 is 4.72 Å². The molecule has 0 aromatic carbocycles. The van der Waals surface area contributed by atoms with Gasteiger partial charge in [0.2, 0.25) is 10.0 Å². The summed E-state index contributed by atoms with van der Waals surface area (Å²) in [5.41, 5.74) is 0. The lowest BCUT2D eigenvalue weighted by Crippen LogP contribution is -2.33. The molecule has 100 valence electrons. The van der Waals surface area contributed by atoms with Crippen molar-refractivity contribution in [2.24, 2.45) is 5.92 Å². The molecule has 0 spiro atoms. The first-order valence-electron chi connectivity index (χ1n) is 5.81. The van der Waals surface area contributed by atoms with Gasteiger partial charge in [-0.25, -0.2) is 13.1 Å². The van der Waals surface area contributed by atoms with Crippen molar-refractivity contribution in [3.05, 3.63) is 28.0 Å². The number of rotatable bonds is 4. The molecular formula is C12H17NO3S2. The summed E-state index contributed by atoms with van der Waals surface area (Å²) in [6, 6.07) is 1.48. The summed E-state index contributed by atoms with van der Waals surface area (Å²) in [5.74, 6) is 0.0583. The van der Waals surface area contributed by atoms with Crippen molar-refractivity contribution in [1.82, 2.24) is 4.72 Å². The number of nitrogens with one attached hydrogen (secondary N) is 1. The number of aliphatic hydroxyl groups is 1. The minimum Gasteiger partial charge on any atom is -0.396 e. The van der Waals surface area contributed by atoms with E-state index in [2.05, 4.69) is 4.72 Å². The summed E-state index contributed by atoms with van der Waals surface area (Å²) in [6.07, 6.45) is 4.30. The first-order chi connectivity index (χ1) is 8.42. The van der Waals surface area contributed by atoms with Gasteiger partial charge in [-0.2, -0.15) is 0 Å². The molecular weight excluding hydrogens is 270 g/mol. The lowest BCUT2D eigenvalue weighted by molar-refractivity contribution is 0.248. The molecule has 6 heteroatoms. The first kappa shape index (κ1) is 13.7. The van der Waals surface area contributed by atoms with Crippen LogP contribution in [-0.4, -0.2) is 26.2 Å². The predicted octanol–water partition coefficient (Wildman–Crippen LogP) is 1.58. The smallest absolute Gasteiger partial charge is 0.242 e. The van der Waals surface area contributed by atoms with Gasteiger partial charge in [-0.3, -0.25) is 0 Å². The molecule has 4 nitrogen and oxygen atoms in total. The second-order valence-electron chi connectivity index (χ2n) is 4.57. The number of thiophene rings is 1. The van der Waals surface area contributed by atoms with Gasteiger partial charge in [0.15, 0.2) is 0 Å². The van der Waals surface area contributed by atoms with Gasteiger partial charge in [0.05, 0.1) is 4.90 Å². The van der Waals surface area contributed by atoms with Crippen LogP contribution in [0.15, 0.2) is 23.1 Å². The molecule has 0 saturated heterocycles. The third-order valence-electron chi connectivity index (χ3n) is 3.00. The minimum atomic E-state index is -3.46. The van der Waals surface area contributed by atoms with E-state index >= 15 is 0 Å². The number of hydrogen-bond donors (Lipinski definition) is 2. The largest absolute Gasteiger partial charge is 0.396 e. The van der Waals surface area contributed by atoms with Gasteiger partial charge in [-0.1, -0.05) is 12.2 Å². The van der Waals surface area contributed by atoms with Gasteiger partial charge in [0.25, 0.3) is 0 Å². The van der Waals surface area contributed by atoms with Crippen LogP contribution in [0.25, 0.3) is 0 Å². The zero-order valence-corrected chi connectivity index (χ0v) is 12.0. The molecule has 0 amide bonds. The number of aryl methyl sites for hydroxylation is 2. The molecule has 1 aliphatic carbocycles. The molecule has 0 unspecified atom stereocenters. The van der Waals surface area contributed by atoms with Crippen LogP contribution in [0.5, 0.6) is 0 Å². The Morgan fingerprint density at radius 1 is 1.44 bits per heavy atom. The molecule has 0 radical (unpaired) electrons. The summed E-state index contributed by atoms with van der Waals surface area (Å²) in [7, 11) is -3.46. The highest BCUT2D eigenvalue weighted by Gasteiger charge is 2.25. The molecule has 1 heterocycles. The highest BCUT2D eigenvalue weighted by molar-refractivity contribution is 7.89. The summed E-state index contributed by atoms with van der Waals surface area (Å²) in [6.45, 7) is 3.77. The van der Waals surface area contributed by atoms with Crippen molar-refractivity contribution in [2.45, 2.75) is 31.2 Å². The van der Waals surface area contributed by atoms with Crippen molar-refractivity contribution in [3.8, 4) is 0 Å². The van der Waals surface area contributed by atoms with Crippen molar-refractivity contribution >= 4 is 21.4 Å². The van der Waals surface area contributed by atoms with E-state index in [1.807, 2.05) is 26.0 Å². The van der Waals surface area contributed by atoms with E-state index in [1.165, 1.54) is 11.3 Å². The summed E-state index contributed by atoms with van der Waals surface area (Å²) >= 11 is 1.48. The molecule has 0 aliphatic heterocycles. The van der Waals surface area contributed by atoms with E-state index in [0.29, 0.717) is 11.3 Å². The topological polar surface area (TPSA) is 66.4 Å². The van der Waals surface area contributed by atoms with E-state index < -0.39 is 10.0 Å². The van der Waals surface area contributed by atoms with Gasteiger partial charge >= 0.3 is 0 Å². The molecule has 1 aromatic rings. The van der Waals surface area contributed by atoms with Crippen LogP contribution in [0, 0.1) is 19.8 Å². The summed E-state index contributed by atoms with van der Waals surface area (Å²) in [4.78, 5) is 2.16. The quantitative estimate of drug-likeness (QED) is 0.826. The Morgan fingerprint density at radius 2 is 2.17 bits per heavy atom. The van der Waals surface area contributed by atoms with E-state index in [1.54, 1.807) is 6.07 Å². The highest BCUT2D eigenvalue weighted by atomic mass is 32.2. The summed E-state index contributed by atoms with van der Waals surface area (Å²) < 4.78 is 27.1. The molecule has 18 heavy (non-hydrogen) atoms. The van der Waals surface area contributed by atoms with Crippen LogP contribution in [0.3, 0.4) is 0 Å². The Morgan fingerprint density at radius 3 is 2.67 bits per heavy atom. The van der Waals surface area contributed by atoms with Crippen LogP contribution >= 0.6 is 11.3 Å². The third-order valence-corrected chi connectivity index (χ3v) is 5.71. The van der Waals surface area contributed by atoms with Crippen LogP contribution in [0.4, 0.5) is 0 Å². The van der Waals surface area contributed by atoms with Gasteiger partial charge < -0.3 is 5.11 Å². The minimum absolute atomic E-state index is 0.0583. The van der Waals surface area contributed by atoms with Crippen molar-refractivity contribution in [1.29, 1.82) is 0 Å². The van der Waals surface area contributed by atoms with Crippen molar-refractivity contribution < 1.29 is 13.5 Å². The van der Waals surface area contributed by atoms with Gasteiger partial charge in [-0.15, -0.1) is 11.3 Å². The molecule has 1 aromatic heterocycles. The average Bonchev–Trinajstić information content (AvgIpc) is 2.84. The lowest BCUT2D eigenvalue weighted by Gasteiger charge is -2.12. The maximum absolute atomic E-state index is 12.2. The van der Waals surface area contributed by atoms with Crippen LogP contribution in [-0.2, 0) is 10.0 Å². The van der Waals surface area contributed by atoms with Crippen molar-refractivity contribution in [3.63, 3.8) is 0 Å². The van der Waals surface area contributed by atoms with E-state index in [9.17, 15) is 8.42 Å². The zero-order valence-electron chi connectivity index (χ0n) is 10.4. The molecule has 0 saturated carbocycles. The van der Waals surface area contributed by atoms with Gasteiger partial charge in [0.1, 0.15) is 0 Å². The van der Waals surface area contributed by atoms with Crippen LogP contribution in [0.1, 0.15) is 16.2 Å². The Labute approximate surface area is 111 Å². The second-order valence-corrected chi connectivity index (χ2v) is 7.71. The Balaban J connectivity index is 2.14. The zero-order chi connectivity index (χ0) is 13.3. The molecule has 1 aliphatic rings. The van der Waals surface area contributed by atoms with E-state index in [0.717, 1.165) is 9.75 Å². The molecule has 2 N–H and O–H groups in total. The van der Waals surface area contributed by atoms with Gasteiger partial charge in [-0.05, 0) is 26.3 Å². The van der Waals surface area contributed by atoms with E-state index in [-0.39, 0.29) is 18.6 Å². The number of hydrogen-bond acceptors (Lipinski definition) is 4. The number of aliphatic hydroxyl groups excluding tert-OH is 1. The van der Waals surface area contributed by atoms with Crippen LogP contribution in [0.2, 0.25) is 0 Å². The fraction of sp³-hybridized carbons (Fsp3) is 0.500. The third kappa shape index (κ3) is 2.83. The molecule has 0 bridgehead atoms. The summed E-state index contributed by atoms with van der Waals surface area (Å²) in [5, 5.41) is 9.02. The molecule has 0 fully saturated rings. The molecule has 2 atom stereocenters. The average molecular weight is 287 g/mol. The lowest BCUT2D eigenvalue weighted by atomic mass is 10.1. The number of sulfonamides is 1. The monoisotopic (exact) mass is 287 g/mol. The Kier molecular flexibility index (Phi) is 3.91. The Hall–Kier alpha value is -0.690. The van der Waals surface area contributed by atoms with Crippen molar-refractivity contribution in [2.75, 3.05) is 6.61 Å². The Bertz CT molecular complexity index is 560. The highest BCUT2D eigenvalue weighted by Crippen LogP contribution is 2.26.